The third-order valence-electron chi connectivity index (χ3n) is 6.29. The Balaban J connectivity index is 1.60. The summed E-state index contributed by atoms with van der Waals surface area (Å²) in [6.45, 7) is 5.92. The molecule has 2 amide bonds. The van der Waals surface area contributed by atoms with Crippen LogP contribution in [0, 0.1) is 5.82 Å². The van der Waals surface area contributed by atoms with Crippen molar-refractivity contribution in [1.82, 2.24) is 19.8 Å². The molecule has 2 N–H and O–H groups in total. The lowest BCUT2D eigenvalue weighted by Gasteiger charge is -2.33. The van der Waals surface area contributed by atoms with E-state index in [0.717, 1.165) is 38.8 Å². The summed E-state index contributed by atoms with van der Waals surface area (Å²) in [5.41, 5.74) is 0.597. The lowest BCUT2D eigenvalue weighted by Crippen LogP contribution is -2.44. The zero-order valence-corrected chi connectivity index (χ0v) is 19.2. The van der Waals surface area contributed by atoms with Gasteiger partial charge < -0.3 is 20.4 Å². The molecule has 1 aromatic carbocycles. The molecule has 0 bridgehead atoms. The average Bonchev–Trinajstić information content (AvgIpc) is 2.79. The van der Waals surface area contributed by atoms with Gasteiger partial charge in [-0.1, -0.05) is 6.07 Å². The Morgan fingerprint density at radius 2 is 1.67 bits per heavy atom. The molecule has 2 aliphatic rings. The topological polar surface area (TPSA) is 90.5 Å². The fourth-order valence-electron chi connectivity index (χ4n) is 4.56. The monoisotopic (exact) mass is 454 g/mol. The molecule has 3 heterocycles. The molecule has 0 spiro atoms. The SMILES string of the molecule is CC(=O)N1CCCC(Nc2cc(Nc3cccc(F)c3)nc(C3CCCN(C(C)=O)C3)n2)C1. The molecular weight excluding hydrogens is 423 g/mol. The molecule has 2 aromatic rings. The van der Waals surface area contributed by atoms with Gasteiger partial charge in [0.05, 0.1) is 0 Å². The van der Waals surface area contributed by atoms with Crippen molar-refractivity contribution in [2.24, 2.45) is 0 Å². The van der Waals surface area contributed by atoms with Crippen LogP contribution in [0.15, 0.2) is 30.3 Å². The first-order valence-electron chi connectivity index (χ1n) is 11.6. The second-order valence-electron chi connectivity index (χ2n) is 8.88. The molecule has 2 atom stereocenters. The summed E-state index contributed by atoms with van der Waals surface area (Å²) in [6, 6.07) is 8.13. The van der Waals surface area contributed by atoms with E-state index in [9.17, 15) is 14.0 Å². The van der Waals surface area contributed by atoms with Gasteiger partial charge in [0.15, 0.2) is 0 Å². The first kappa shape index (κ1) is 22.9. The molecule has 2 fully saturated rings. The van der Waals surface area contributed by atoms with Crippen LogP contribution in [0.5, 0.6) is 0 Å². The summed E-state index contributed by atoms with van der Waals surface area (Å²) < 4.78 is 13.7. The molecule has 0 aliphatic carbocycles. The third-order valence-corrected chi connectivity index (χ3v) is 6.29. The number of hydrogen-bond acceptors (Lipinski definition) is 6. The van der Waals surface area contributed by atoms with Crippen LogP contribution in [0.4, 0.5) is 21.7 Å². The lowest BCUT2D eigenvalue weighted by molar-refractivity contribution is -0.130. The van der Waals surface area contributed by atoms with E-state index in [2.05, 4.69) is 10.6 Å². The number of piperidine rings is 2. The first-order valence-corrected chi connectivity index (χ1v) is 11.6. The average molecular weight is 455 g/mol. The minimum atomic E-state index is -0.330. The Kier molecular flexibility index (Phi) is 7.05. The van der Waals surface area contributed by atoms with Crippen LogP contribution in [0.1, 0.15) is 51.3 Å². The summed E-state index contributed by atoms with van der Waals surface area (Å²) in [4.78, 5) is 37.0. The Morgan fingerprint density at radius 3 is 2.39 bits per heavy atom. The van der Waals surface area contributed by atoms with E-state index >= 15 is 0 Å². The highest BCUT2D eigenvalue weighted by Gasteiger charge is 2.27. The minimum absolute atomic E-state index is 0.0255. The van der Waals surface area contributed by atoms with Gasteiger partial charge >= 0.3 is 0 Å². The van der Waals surface area contributed by atoms with E-state index < -0.39 is 0 Å². The standard InChI is InChI=1S/C24H31FN6O2/c1-16(32)30-10-4-6-18(14-30)24-28-22(26-20-8-3-7-19(25)12-20)13-23(29-24)27-21-9-5-11-31(15-21)17(2)33/h3,7-8,12-13,18,21H,4-6,9-11,14-15H2,1-2H3,(H2,26,27,28,29). The fourth-order valence-corrected chi connectivity index (χ4v) is 4.56. The number of aromatic nitrogens is 2. The number of hydrogen-bond donors (Lipinski definition) is 2. The van der Waals surface area contributed by atoms with Gasteiger partial charge in [-0.05, 0) is 43.9 Å². The minimum Gasteiger partial charge on any atom is -0.365 e. The maximum absolute atomic E-state index is 13.7. The van der Waals surface area contributed by atoms with Gasteiger partial charge in [0.2, 0.25) is 11.8 Å². The molecule has 0 radical (unpaired) electrons. The van der Waals surface area contributed by atoms with Crippen LogP contribution < -0.4 is 10.6 Å². The second kappa shape index (κ2) is 10.1. The van der Waals surface area contributed by atoms with Gasteiger partial charge in [-0.25, -0.2) is 14.4 Å². The zero-order chi connectivity index (χ0) is 23.4. The highest BCUT2D eigenvalue weighted by atomic mass is 19.1. The van der Waals surface area contributed by atoms with E-state index in [1.54, 1.807) is 26.0 Å². The molecule has 176 valence electrons. The van der Waals surface area contributed by atoms with Gasteiger partial charge in [-0.2, -0.15) is 0 Å². The maximum Gasteiger partial charge on any atom is 0.219 e. The van der Waals surface area contributed by atoms with Crippen molar-refractivity contribution in [2.75, 3.05) is 36.8 Å². The number of halogens is 1. The summed E-state index contributed by atoms with van der Waals surface area (Å²) in [5, 5.41) is 6.66. The highest BCUT2D eigenvalue weighted by molar-refractivity contribution is 5.74. The molecule has 2 unspecified atom stereocenters. The number of amides is 2. The van der Waals surface area contributed by atoms with Gasteiger partial charge in [0.1, 0.15) is 23.3 Å². The van der Waals surface area contributed by atoms with Gasteiger partial charge in [0, 0.05) is 63.7 Å². The third kappa shape index (κ3) is 5.97. The summed E-state index contributed by atoms with van der Waals surface area (Å²) >= 11 is 0. The first-order chi connectivity index (χ1) is 15.9. The predicted molar refractivity (Wildman–Crippen MR) is 125 cm³/mol. The Morgan fingerprint density at radius 1 is 0.970 bits per heavy atom. The Hall–Kier alpha value is -3.23. The number of carbonyl (C=O) groups is 2. The van der Waals surface area contributed by atoms with Crippen molar-refractivity contribution in [3.05, 3.63) is 42.0 Å². The number of likely N-dealkylation sites (tertiary alicyclic amines) is 2. The molecule has 2 saturated heterocycles. The molecule has 33 heavy (non-hydrogen) atoms. The maximum atomic E-state index is 13.7. The number of nitrogens with zero attached hydrogens (tertiary/aromatic N) is 4. The van der Waals surface area contributed by atoms with Crippen molar-refractivity contribution in [2.45, 2.75) is 51.5 Å². The van der Waals surface area contributed by atoms with Crippen molar-refractivity contribution in [1.29, 1.82) is 0 Å². The number of nitrogens with one attached hydrogen (secondary N) is 2. The van der Waals surface area contributed by atoms with Crippen LogP contribution in [0.2, 0.25) is 0 Å². The molecular formula is C24H31FN6O2. The molecule has 2 aliphatic heterocycles. The Bertz CT molecular complexity index is 1020. The highest BCUT2D eigenvalue weighted by Crippen LogP contribution is 2.28. The van der Waals surface area contributed by atoms with Gasteiger partial charge in [0.25, 0.3) is 0 Å². The molecule has 8 nitrogen and oxygen atoms in total. The van der Waals surface area contributed by atoms with Crippen LogP contribution in [-0.4, -0.2) is 63.8 Å². The smallest absolute Gasteiger partial charge is 0.219 e. The summed E-state index contributed by atoms with van der Waals surface area (Å²) in [7, 11) is 0. The normalized spacial score (nSPS) is 20.9. The quantitative estimate of drug-likeness (QED) is 0.719. The van der Waals surface area contributed by atoms with E-state index in [1.165, 1.54) is 12.1 Å². The van der Waals surface area contributed by atoms with Crippen LogP contribution in [0.3, 0.4) is 0 Å². The summed E-state index contributed by atoms with van der Waals surface area (Å²) in [6.07, 6.45) is 3.67. The van der Waals surface area contributed by atoms with E-state index in [4.69, 9.17) is 9.97 Å². The van der Waals surface area contributed by atoms with E-state index in [1.807, 2.05) is 15.9 Å². The molecule has 4 rings (SSSR count). The number of carbonyl (C=O) groups excluding carboxylic acids is 2. The van der Waals surface area contributed by atoms with Crippen molar-refractivity contribution in [3.8, 4) is 0 Å². The lowest BCUT2D eigenvalue weighted by atomic mass is 9.97. The summed E-state index contributed by atoms with van der Waals surface area (Å²) in [5.74, 6) is 1.70. The van der Waals surface area contributed by atoms with Crippen LogP contribution in [-0.2, 0) is 9.59 Å². The largest absolute Gasteiger partial charge is 0.365 e. The number of anilines is 3. The van der Waals surface area contributed by atoms with E-state index in [0.29, 0.717) is 36.2 Å². The predicted octanol–water partition coefficient (Wildman–Crippen LogP) is 3.51. The van der Waals surface area contributed by atoms with Crippen LogP contribution in [0.25, 0.3) is 0 Å². The molecule has 9 heteroatoms. The number of benzene rings is 1. The number of rotatable bonds is 5. The second-order valence-corrected chi connectivity index (χ2v) is 8.88. The van der Waals surface area contributed by atoms with Crippen LogP contribution >= 0.6 is 0 Å². The van der Waals surface area contributed by atoms with Crippen molar-refractivity contribution < 1.29 is 14.0 Å². The zero-order valence-electron chi connectivity index (χ0n) is 19.2. The van der Waals surface area contributed by atoms with Gasteiger partial charge in [-0.3, -0.25) is 9.59 Å². The van der Waals surface area contributed by atoms with Crippen molar-refractivity contribution >= 4 is 29.1 Å². The van der Waals surface area contributed by atoms with E-state index in [-0.39, 0.29) is 29.6 Å². The fraction of sp³-hybridized carbons (Fsp3) is 0.500. The van der Waals surface area contributed by atoms with Crippen molar-refractivity contribution in [3.63, 3.8) is 0 Å². The van der Waals surface area contributed by atoms with Gasteiger partial charge in [-0.15, -0.1) is 0 Å². The molecule has 0 saturated carbocycles. The Labute approximate surface area is 193 Å². The molecule has 1 aromatic heterocycles.